The number of rotatable bonds is 5. The summed E-state index contributed by atoms with van der Waals surface area (Å²) in [6, 6.07) is 49.2. The second-order valence-electron chi connectivity index (χ2n) is 18.4. The van der Waals surface area contributed by atoms with E-state index in [-0.39, 0.29) is 5.41 Å². The average molecular weight is 778 g/mol. The standard InChI is InChI=1S/C54H43N5O/c1-5-16-46-40(12-1)41-13-2-6-17-47(41)58(46)38-20-22-50-44(28-38)45-29-39(59-48-18-7-3-14-42(48)43-15-4-8-19-49(43)59)21-23-51(45)57(50)37-11-9-10-36(27-37)52-55-56-53(60-52)54-30-33-24-34(31-54)26-35(25-33)32-54/h1-7,9-18,20-23,27-29,33-35H,8,19,24-26,30-32H2. The number of hydrogen-bond donors (Lipinski definition) is 0. The predicted molar refractivity (Wildman–Crippen MR) is 242 cm³/mol. The normalized spacial score (nSPS) is 22.0. The lowest BCUT2D eigenvalue weighted by molar-refractivity contribution is -0.0176. The molecule has 0 N–H and O–H groups in total. The highest BCUT2D eigenvalue weighted by atomic mass is 16.4. The summed E-state index contributed by atoms with van der Waals surface area (Å²) in [4.78, 5) is 0. The molecule has 60 heavy (non-hydrogen) atoms. The van der Waals surface area contributed by atoms with E-state index in [1.165, 1.54) is 99.0 Å². The largest absolute Gasteiger partial charge is 0.420 e. The molecule has 290 valence electrons. The number of fused-ring (bicyclic) bond motifs is 9. The molecule has 10 aromatic rings. The molecule has 0 amide bonds. The number of aromatic nitrogens is 5. The van der Waals surface area contributed by atoms with Gasteiger partial charge in [0.2, 0.25) is 11.8 Å². The fraction of sp³-hybridized carbons (Fsp3) is 0.222. The van der Waals surface area contributed by atoms with E-state index in [4.69, 9.17) is 14.6 Å². The maximum absolute atomic E-state index is 6.73. The van der Waals surface area contributed by atoms with Gasteiger partial charge in [0.15, 0.2) is 0 Å². The van der Waals surface area contributed by atoms with E-state index < -0.39 is 0 Å². The lowest BCUT2D eigenvalue weighted by Crippen LogP contribution is -2.48. The fourth-order valence-electron chi connectivity index (χ4n) is 12.9. The van der Waals surface area contributed by atoms with Gasteiger partial charge >= 0.3 is 0 Å². The molecule has 0 saturated heterocycles. The van der Waals surface area contributed by atoms with Crippen LogP contribution in [0.4, 0.5) is 0 Å². The third-order valence-corrected chi connectivity index (χ3v) is 14.9. The van der Waals surface area contributed by atoms with E-state index in [9.17, 15) is 0 Å². The van der Waals surface area contributed by atoms with Crippen molar-refractivity contribution in [1.29, 1.82) is 0 Å². The molecule has 4 heterocycles. The van der Waals surface area contributed by atoms with Gasteiger partial charge < -0.3 is 18.1 Å². The van der Waals surface area contributed by atoms with Crippen LogP contribution < -0.4 is 0 Å². The maximum Gasteiger partial charge on any atom is 0.247 e. The molecule has 0 radical (unpaired) electrons. The first-order chi connectivity index (χ1) is 29.7. The Labute approximate surface area is 347 Å². The second kappa shape index (κ2) is 12.2. The van der Waals surface area contributed by atoms with Gasteiger partial charge in [-0.3, -0.25) is 0 Å². The third-order valence-electron chi connectivity index (χ3n) is 14.9. The van der Waals surface area contributed by atoms with Crippen molar-refractivity contribution in [3.8, 4) is 28.5 Å². The fourth-order valence-corrected chi connectivity index (χ4v) is 12.9. The van der Waals surface area contributed by atoms with Gasteiger partial charge in [-0.1, -0.05) is 72.8 Å². The van der Waals surface area contributed by atoms with Crippen molar-refractivity contribution in [3.63, 3.8) is 0 Å². The summed E-state index contributed by atoms with van der Waals surface area (Å²) in [6.07, 6.45) is 14.5. The maximum atomic E-state index is 6.73. The Balaban J connectivity index is 0.968. The van der Waals surface area contributed by atoms with Crippen LogP contribution in [0.1, 0.15) is 62.1 Å². The molecule has 0 atom stereocenters. The first-order valence-corrected chi connectivity index (χ1v) is 22.0. The molecule has 6 heteroatoms. The molecule has 5 aliphatic rings. The third kappa shape index (κ3) is 4.65. The molecule has 4 saturated carbocycles. The molecule has 6 nitrogen and oxygen atoms in total. The zero-order valence-electron chi connectivity index (χ0n) is 33.4. The Bertz CT molecular complexity index is 3350. The van der Waals surface area contributed by atoms with E-state index in [1.807, 2.05) is 0 Å². The first-order valence-electron chi connectivity index (χ1n) is 22.0. The van der Waals surface area contributed by atoms with Crippen LogP contribution in [0.5, 0.6) is 0 Å². The Kier molecular flexibility index (Phi) is 6.75. The number of hydrogen-bond acceptors (Lipinski definition) is 3. The summed E-state index contributed by atoms with van der Waals surface area (Å²) in [6.45, 7) is 0. The highest BCUT2D eigenvalue weighted by Crippen LogP contribution is 2.60. The van der Waals surface area contributed by atoms with Crippen LogP contribution in [0.2, 0.25) is 0 Å². The highest BCUT2D eigenvalue weighted by Gasteiger charge is 2.54. The summed E-state index contributed by atoms with van der Waals surface area (Å²) in [5.74, 6) is 3.95. The minimum Gasteiger partial charge on any atom is -0.420 e. The second-order valence-corrected chi connectivity index (χ2v) is 18.4. The van der Waals surface area contributed by atoms with Crippen molar-refractivity contribution in [3.05, 3.63) is 157 Å². The monoisotopic (exact) mass is 777 g/mol. The minimum absolute atomic E-state index is 0.0663. The summed E-state index contributed by atoms with van der Waals surface area (Å²) in [7, 11) is 0. The molecule has 6 aromatic carbocycles. The van der Waals surface area contributed by atoms with Gasteiger partial charge in [0.1, 0.15) is 0 Å². The van der Waals surface area contributed by atoms with Crippen molar-refractivity contribution < 1.29 is 4.42 Å². The van der Waals surface area contributed by atoms with Gasteiger partial charge in [-0.2, -0.15) is 0 Å². The molecule has 4 bridgehead atoms. The SMILES string of the molecule is C1=Cc2c(n(-c3ccc4c(c3)c3cc(-n5c6ccccc6c6ccccc65)ccc3n4-c3cccc(-c4nnc(C56CC7CC(CC(C7)C5)C6)o4)c3)c3ccccc23)CC1. The number of nitrogens with zero attached hydrogens (tertiary/aromatic N) is 5. The molecule has 0 aliphatic heterocycles. The number of benzene rings is 6. The van der Waals surface area contributed by atoms with Crippen molar-refractivity contribution in [2.45, 2.75) is 56.8 Å². The quantitative estimate of drug-likeness (QED) is 0.175. The van der Waals surface area contributed by atoms with Crippen LogP contribution >= 0.6 is 0 Å². The van der Waals surface area contributed by atoms with Crippen molar-refractivity contribution >= 4 is 60.6 Å². The summed E-state index contributed by atoms with van der Waals surface area (Å²) >= 11 is 0. The average Bonchev–Trinajstić information content (AvgIpc) is 4.07. The molecule has 0 unspecified atom stereocenters. The summed E-state index contributed by atoms with van der Waals surface area (Å²) in [5, 5.41) is 15.8. The molecule has 4 aromatic heterocycles. The molecule has 0 spiro atoms. The number of allylic oxidation sites excluding steroid dienone is 1. The Morgan fingerprint density at radius 1 is 0.500 bits per heavy atom. The summed E-state index contributed by atoms with van der Waals surface area (Å²) in [5.41, 5.74) is 13.2. The summed E-state index contributed by atoms with van der Waals surface area (Å²) < 4.78 is 14.1. The van der Waals surface area contributed by atoms with Crippen LogP contribution in [0.3, 0.4) is 0 Å². The topological polar surface area (TPSA) is 53.7 Å². The number of para-hydroxylation sites is 3. The lowest BCUT2D eigenvalue weighted by atomic mass is 9.49. The van der Waals surface area contributed by atoms with E-state index >= 15 is 0 Å². The Morgan fingerprint density at radius 2 is 1.05 bits per heavy atom. The Hall–Kier alpha value is -6.66. The highest BCUT2D eigenvalue weighted by molar-refractivity contribution is 6.13. The van der Waals surface area contributed by atoms with Crippen molar-refractivity contribution in [1.82, 2.24) is 23.9 Å². The van der Waals surface area contributed by atoms with Gasteiger partial charge in [0, 0.05) is 66.2 Å². The van der Waals surface area contributed by atoms with Crippen LogP contribution in [0, 0.1) is 17.8 Å². The molecular formula is C54H43N5O. The first kappa shape index (κ1) is 33.2. The van der Waals surface area contributed by atoms with Crippen LogP contribution in [-0.4, -0.2) is 23.9 Å². The predicted octanol–water partition coefficient (Wildman–Crippen LogP) is 13.3. The van der Waals surface area contributed by atoms with Gasteiger partial charge in [-0.05, 0) is 142 Å². The van der Waals surface area contributed by atoms with Crippen molar-refractivity contribution in [2.24, 2.45) is 17.8 Å². The van der Waals surface area contributed by atoms with Gasteiger partial charge in [0.25, 0.3) is 0 Å². The molecule has 15 rings (SSSR count). The Morgan fingerprint density at radius 3 is 1.70 bits per heavy atom. The van der Waals surface area contributed by atoms with E-state index in [2.05, 4.69) is 159 Å². The lowest BCUT2D eigenvalue weighted by Gasteiger charge is -2.55. The van der Waals surface area contributed by atoms with Crippen molar-refractivity contribution in [2.75, 3.05) is 0 Å². The van der Waals surface area contributed by atoms with Gasteiger partial charge in [-0.15, -0.1) is 10.2 Å². The zero-order valence-corrected chi connectivity index (χ0v) is 33.4. The van der Waals surface area contributed by atoms with Crippen LogP contribution in [-0.2, 0) is 11.8 Å². The van der Waals surface area contributed by atoms with E-state index in [0.29, 0.717) is 5.89 Å². The van der Waals surface area contributed by atoms with Gasteiger partial charge in [0.05, 0.1) is 27.6 Å². The zero-order chi connectivity index (χ0) is 39.1. The molecular weight excluding hydrogens is 735 g/mol. The van der Waals surface area contributed by atoms with Gasteiger partial charge in [-0.25, -0.2) is 0 Å². The molecule has 5 aliphatic carbocycles. The van der Waals surface area contributed by atoms with E-state index in [1.54, 1.807) is 0 Å². The van der Waals surface area contributed by atoms with E-state index in [0.717, 1.165) is 64.5 Å². The van der Waals surface area contributed by atoms with Crippen LogP contribution in [0.15, 0.2) is 144 Å². The minimum atomic E-state index is 0.0663. The molecule has 4 fully saturated rings. The van der Waals surface area contributed by atoms with Crippen LogP contribution in [0.25, 0.3) is 89.1 Å². The smallest absolute Gasteiger partial charge is 0.247 e.